The van der Waals surface area contributed by atoms with Crippen molar-refractivity contribution < 1.29 is 17.8 Å². The van der Waals surface area contributed by atoms with Crippen LogP contribution in [0, 0.1) is 0 Å². The van der Waals surface area contributed by atoms with Gasteiger partial charge in [0, 0.05) is 0 Å². The molecule has 60 valence electrons. The summed E-state index contributed by atoms with van der Waals surface area (Å²) in [5.74, 6) is -0.465. The standard InChI is InChI=1S/C4H9NO4S/c5-4(3-6)1-2-10(7,8)9/h3-4H,1-2,5H2,(H,7,8,9)/t4-/m1/s1. The molecular formula is C4H9NO4S. The normalized spacial score (nSPS) is 14.6. The van der Waals surface area contributed by atoms with E-state index >= 15 is 0 Å². The van der Waals surface area contributed by atoms with Gasteiger partial charge in [-0.05, 0) is 6.42 Å². The molecule has 0 rings (SSSR count). The van der Waals surface area contributed by atoms with Crippen LogP contribution in [0.1, 0.15) is 6.42 Å². The maximum atomic E-state index is 10.0. The van der Waals surface area contributed by atoms with E-state index in [9.17, 15) is 13.2 Å². The molecule has 6 heteroatoms. The minimum atomic E-state index is -3.97. The molecule has 0 heterocycles. The van der Waals surface area contributed by atoms with Crippen LogP contribution in [0.25, 0.3) is 0 Å². The Morgan fingerprint density at radius 1 is 1.60 bits per heavy atom. The first-order valence-electron chi connectivity index (χ1n) is 2.62. The highest BCUT2D eigenvalue weighted by molar-refractivity contribution is 7.85. The summed E-state index contributed by atoms with van der Waals surface area (Å²) in [5.41, 5.74) is 5.04. The lowest BCUT2D eigenvalue weighted by atomic mass is 10.3. The van der Waals surface area contributed by atoms with Gasteiger partial charge in [0.25, 0.3) is 10.1 Å². The van der Waals surface area contributed by atoms with E-state index in [4.69, 9.17) is 10.3 Å². The average Bonchev–Trinajstić information content (AvgIpc) is 1.81. The molecule has 0 aliphatic heterocycles. The monoisotopic (exact) mass is 167 g/mol. The van der Waals surface area contributed by atoms with Crippen molar-refractivity contribution in [3.05, 3.63) is 0 Å². The van der Waals surface area contributed by atoms with E-state index < -0.39 is 21.9 Å². The Labute approximate surface area is 59.0 Å². The van der Waals surface area contributed by atoms with Crippen LogP contribution >= 0.6 is 0 Å². The molecule has 0 amide bonds. The molecule has 1 atom stereocenters. The molecular weight excluding hydrogens is 158 g/mol. The summed E-state index contributed by atoms with van der Waals surface area (Å²) in [6, 6.07) is -0.804. The zero-order valence-electron chi connectivity index (χ0n) is 5.23. The van der Waals surface area contributed by atoms with Crippen molar-refractivity contribution in [2.75, 3.05) is 5.75 Å². The molecule has 0 aromatic carbocycles. The second-order valence-electron chi connectivity index (χ2n) is 1.87. The van der Waals surface area contributed by atoms with Gasteiger partial charge in [-0.2, -0.15) is 8.42 Å². The topological polar surface area (TPSA) is 97.5 Å². The van der Waals surface area contributed by atoms with Gasteiger partial charge in [-0.25, -0.2) is 0 Å². The van der Waals surface area contributed by atoms with Crippen LogP contribution < -0.4 is 5.73 Å². The fourth-order valence-corrected chi connectivity index (χ4v) is 0.923. The molecule has 0 saturated carbocycles. The van der Waals surface area contributed by atoms with Gasteiger partial charge < -0.3 is 10.5 Å². The Morgan fingerprint density at radius 3 is 2.40 bits per heavy atom. The number of carbonyl (C=O) groups is 1. The summed E-state index contributed by atoms with van der Waals surface area (Å²) in [7, 11) is -3.97. The molecule has 3 N–H and O–H groups in total. The summed E-state index contributed by atoms with van der Waals surface area (Å²) in [5, 5.41) is 0. The third-order valence-electron chi connectivity index (χ3n) is 0.884. The molecule has 0 aliphatic rings. The number of rotatable bonds is 4. The van der Waals surface area contributed by atoms with Crippen molar-refractivity contribution in [3.8, 4) is 0 Å². The van der Waals surface area contributed by atoms with E-state index in [0.29, 0.717) is 6.29 Å². The molecule has 10 heavy (non-hydrogen) atoms. The van der Waals surface area contributed by atoms with Crippen LogP contribution in [0.15, 0.2) is 0 Å². The Bertz CT molecular complexity index is 197. The van der Waals surface area contributed by atoms with Crippen molar-refractivity contribution in [3.63, 3.8) is 0 Å². The molecule has 0 aromatic rings. The molecule has 0 aromatic heterocycles. The molecule has 0 fully saturated rings. The Hall–Kier alpha value is -0.460. The first kappa shape index (κ1) is 9.54. The summed E-state index contributed by atoms with van der Waals surface area (Å²) in [4.78, 5) is 9.82. The lowest BCUT2D eigenvalue weighted by Crippen LogP contribution is -2.24. The average molecular weight is 167 g/mol. The van der Waals surface area contributed by atoms with Crippen LogP contribution in [0.5, 0.6) is 0 Å². The zero-order valence-corrected chi connectivity index (χ0v) is 6.04. The fraction of sp³-hybridized carbons (Fsp3) is 0.750. The highest BCUT2D eigenvalue weighted by Crippen LogP contribution is 1.89. The van der Waals surface area contributed by atoms with Gasteiger partial charge in [-0.3, -0.25) is 4.55 Å². The highest BCUT2D eigenvalue weighted by atomic mass is 32.2. The molecule has 0 unspecified atom stereocenters. The molecule has 0 bridgehead atoms. The molecule has 0 radical (unpaired) electrons. The Kier molecular flexibility index (Phi) is 3.48. The lowest BCUT2D eigenvalue weighted by molar-refractivity contribution is -0.108. The van der Waals surface area contributed by atoms with Crippen molar-refractivity contribution in [2.24, 2.45) is 5.73 Å². The van der Waals surface area contributed by atoms with Gasteiger partial charge in [-0.1, -0.05) is 0 Å². The zero-order chi connectivity index (χ0) is 8.20. The number of hydrogen-bond donors (Lipinski definition) is 2. The van der Waals surface area contributed by atoms with Crippen LogP contribution in [-0.4, -0.2) is 31.1 Å². The van der Waals surface area contributed by atoms with Gasteiger partial charge in [0.2, 0.25) is 0 Å². The summed E-state index contributed by atoms with van der Waals surface area (Å²) in [6.07, 6.45) is 0.396. The van der Waals surface area contributed by atoms with E-state index in [1.54, 1.807) is 0 Å². The van der Waals surface area contributed by atoms with Crippen LogP contribution in [0.3, 0.4) is 0 Å². The van der Waals surface area contributed by atoms with Crippen LogP contribution in [0.4, 0.5) is 0 Å². The largest absolute Gasteiger partial charge is 0.322 e. The number of nitrogens with two attached hydrogens (primary N) is 1. The summed E-state index contributed by atoms with van der Waals surface area (Å²) in [6.45, 7) is 0. The third-order valence-corrected chi connectivity index (χ3v) is 1.64. The maximum absolute atomic E-state index is 10.0. The minimum absolute atomic E-state index is 0.0394. The predicted molar refractivity (Wildman–Crippen MR) is 35.1 cm³/mol. The maximum Gasteiger partial charge on any atom is 0.264 e. The van der Waals surface area contributed by atoms with Crippen molar-refractivity contribution in [1.82, 2.24) is 0 Å². The Balaban J connectivity index is 3.66. The number of hydrogen-bond acceptors (Lipinski definition) is 4. The molecule has 0 spiro atoms. The van der Waals surface area contributed by atoms with Gasteiger partial charge in [0.15, 0.2) is 0 Å². The van der Waals surface area contributed by atoms with Gasteiger partial charge in [-0.15, -0.1) is 0 Å². The van der Waals surface area contributed by atoms with Gasteiger partial charge >= 0.3 is 0 Å². The van der Waals surface area contributed by atoms with Crippen LogP contribution in [-0.2, 0) is 14.9 Å². The predicted octanol–water partition coefficient (Wildman–Crippen LogP) is -1.21. The fourth-order valence-electron chi connectivity index (χ4n) is 0.353. The van der Waals surface area contributed by atoms with E-state index in [1.807, 2.05) is 0 Å². The first-order chi connectivity index (χ1) is 4.45. The van der Waals surface area contributed by atoms with Crippen molar-refractivity contribution in [1.29, 1.82) is 0 Å². The number of carbonyl (C=O) groups excluding carboxylic acids is 1. The van der Waals surface area contributed by atoms with Crippen LogP contribution in [0.2, 0.25) is 0 Å². The summed E-state index contributed by atoms with van der Waals surface area (Å²) >= 11 is 0. The second-order valence-corrected chi connectivity index (χ2v) is 3.45. The van der Waals surface area contributed by atoms with Crippen molar-refractivity contribution >= 4 is 16.4 Å². The molecule has 0 saturated heterocycles. The smallest absolute Gasteiger partial charge is 0.264 e. The van der Waals surface area contributed by atoms with E-state index in [-0.39, 0.29) is 6.42 Å². The van der Waals surface area contributed by atoms with Gasteiger partial charge in [0.05, 0.1) is 11.8 Å². The first-order valence-corrected chi connectivity index (χ1v) is 4.22. The Morgan fingerprint density at radius 2 is 2.10 bits per heavy atom. The number of aldehydes is 1. The minimum Gasteiger partial charge on any atom is -0.322 e. The van der Waals surface area contributed by atoms with E-state index in [1.165, 1.54) is 0 Å². The highest BCUT2D eigenvalue weighted by Gasteiger charge is 2.07. The van der Waals surface area contributed by atoms with E-state index in [2.05, 4.69) is 0 Å². The SMILES string of the molecule is N[C@@H](C=O)CCS(=O)(=O)O. The summed E-state index contributed by atoms with van der Waals surface area (Å²) < 4.78 is 28.2. The van der Waals surface area contributed by atoms with Crippen molar-refractivity contribution in [2.45, 2.75) is 12.5 Å². The molecule has 5 nitrogen and oxygen atoms in total. The second kappa shape index (κ2) is 3.65. The van der Waals surface area contributed by atoms with Gasteiger partial charge in [0.1, 0.15) is 6.29 Å². The van der Waals surface area contributed by atoms with E-state index in [0.717, 1.165) is 0 Å². The quantitative estimate of drug-likeness (QED) is 0.404. The lowest BCUT2D eigenvalue weighted by Gasteiger charge is -1.99. The third kappa shape index (κ3) is 5.67. The molecule has 0 aliphatic carbocycles.